The second kappa shape index (κ2) is 5.36. The van der Waals surface area contributed by atoms with E-state index >= 15 is 0 Å². The molecule has 2 aromatic rings. The van der Waals surface area contributed by atoms with Gasteiger partial charge in [0.15, 0.2) is 5.22 Å². The first kappa shape index (κ1) is 12.2. The van der Waals surface area contributed by atoms with E-state index in [1.165, 1.54) is 5.56 Å². The molecule has 0 bridgehead atoms. The summed E-state index contributed by atoms with van der Waals surface area (Å²) in [5, 5.41) is 0.368. The average Bonchev–Trinajstić information content (AvgIpc) is 2.78. The van der Waals surface area contributed by atoms with Gasteiger partial charge in [-0.15, -0.1) is 0 Å². The van der Waals surface area contributed by atoms with E-state index in [2.05, 4.69) is 24.5 Å². The van der Waals surface area contributed by atoms with Crippen LogP contribution in [0.4, 0.5) is 0 Å². The molecule has 0 amide bonds. The Bertz CT molecular complexity index is 478. The summed E-state index contributed by atoms with van der Waals surface area (Å²) < 4.78 is 5.08. The summed E-state index contributed by atoms with van der Waals surface area (Å²) in [5.74, 6) is 5.59. The van der Waals surface area contributed by atoms with Crippen molar-refractivity contribution in [1.29, 1.82) is 0 Å². The fraction of sp³-hybridized carbons (Fsp3) is 0.231. The average molecular weight is 251 g/mol. The molecule has 90 valence electrons. The maximum atomic E-state index is 5.96. The van der Waals surface area contributed by atoms with Crippen LogP contribution < -0.4 is 11.3 Å². The number of hydrazine groups is 1. The lowest BCUT2D eigenvalue weighted by atomic mass is 10.00. The van der Waals surface area contributed by atoms with Crippen molar-refractivity contribution in [2.24, 2.45) is 5.84 Å². The Kier molecular flexibility index (Phi) is 3.84. The summed E-state index contributed by atoms with van der Waals surface area (Å²) in [7, 11) is 0. The van der Waals surface area contributed by atoms with E-state index in [9.17, 15) is 0 Å². The molecule has 1 aromatic heterocycles. The number of furan rings is 1. The van der Waals surface area contributed by atoms with Gasteiger partial charge < -0.3 is 4.42 Å². The van der Waals surface area contributed by atoms with Crippen molar-refractivity contribution >= 4 is 11.6 Å². The van der Waals surface area contributed by atoms with Crippen LogP contribution in [0.1, 0.15) is 29.7 Å². The topological polar surface area (TPSA) is 51.2 Å². The van der Waals surface area contributed by atoms with E-state index in [-0.39, 0.29) is 6.04 Å². The van der Waals surface area contributed by atoms with E-state index in [0.29, 0.717) is 5.22 Å². The largest absolute Gasteiger partial charge is 0.453 e. The maximum Gasteiger partial charge on any atom is 0.198 e. The van der Waals surface area contributed by atoms with Crippen molar-refractivity contribution in [3.8, 4) is 0 Å². The van der Waals surface area contributed by atoms with Crippen LogP contribution in [0.2, 0.25) is 5.22 Å². The molecule has 1 aromatic carbocycles. The van der Waals surface area contributed by atoms with Gasteiger partial charge in [0.25, 0.3) is 0 Å². The summed E-state index contributed by atoms with van der Waals surface area (Å²) >= 11 is 5.96. The first-order chi connectivity index (χ1) is 8.26. The highest BCUT2D eigenvalue weighted by Gasteiger charge is 2.17. The van der Waals surface area contributed by atoms with Crippen molar-refractivity contribution in [2.75, 3.05) is 0 Å². The highest BCUT2D eigenvalue weighted by atomic mass is 35.5. The zero-order valence-corrected chi connectivity index (χ0v) is 10.4. The van der Waals surface area contributed by atoms with Crippen LogP contribution in [0.3, 0.4) is 0 Å². The number of aryl methyl sites for hydroxylation is 1. The molecule has 0 fully saturated rings. The fourth-order valence-corrected chi connectivity index (χ4v) is 2.05. The van der Waals surface area contributed by atoms with Gasteiger partial charge in [-0.1, -0.05) is 31.2 Å². The van der Waals surface area contributed by atoms with Gasteiger partial charge in [0.2, 0.25) is 0 Å². The lowest BCUT2D eigenvalue weighted by Gasteiger charge is -2.15. The quantitative estimate of drug-likeness (QED) is 0.648. The minimum atomic E-state index is -0.146. The zero-order valence-electron chi connectivity index (χ0n) is 9.61. The zero-order chi connectivity index (χ0) is 12.3. The molecule has 1 heterocycles. The first-order valence-corrected chi connectivity index (χ1v) is 5.92. The number of hydrogen-bond donors (Lipinski definition) is 2. The number of nitrogens with two attached hydrogens (primary N) is 1. The van der Waals surface area contributed by atoms with Gasteiger partial charge in [-0.2, -0.15) is 0 Å². The SMILES string of the molecule is CCc1ccc(C(NN)c2ccoc2Cl)cc1. The third-order valence-corrected chi connectivity index (χ3v) is 3.15. The van der Waals surface area contributed by atoms with Gasteiger partial charge in [-0.05, 0) is 35.2 Å². The Morgan fingerprint density at radius 3 is 2.47 bits per heavy atom. The molecule has 17 heavy (non-hydrogen) atoms. The van der Waals surface area contributed by atoms with Crippen molar-refractivity contribution in [3.05, 3.63) is 58.5 Å². The Balaban J connectivity index is 2.32. The van der Waals surface area contributed by atoms with Crippen molar-refractivity contribution in [3.63, 3.8) is 0 Å². The molecular formula is C13H15ClN2O. The highest BCUT2D eigenvalue weighted by Crippen LogP contribution is 2.28. The maximum absolute atomic E-state index is 5.96. The summed E-state index contributed by atoms with van der Waals surface area (Å²) in [5.41, 5.74) is 5.96. The van der Waals surface area contributed by atoms with Gasteiger partial charge in [-0.25, -0.2) is 5.43 Å². The van der Waals surface area contributed by atoms with Crippen molar-refractivity contribution in [1.82, 2.24) is 5.43 Å². The molecular weight excluding hydrogens is 236 g/mol. The molecule has 2 rings (SSSR count). The Morgan fingerprint density at radius 1 is 1.29 bits per heavy atom. The molecule has 0 radical (unpaired) electrons. The second-order valence-electron chi connectivity index (χ2n) is 3.84. The number of nitrogens with one attached hydrogen (secondary N) is 1. The van der Waals surface area contributed by atoms with Crippen LogP contribution in [0.15, 0.2) is 41.0 Å². The summed E-state index contributed by atoms with van der Waals surface area (Å²) in [6.45, 7) is 2.13. The number of benzene rings is 1. The van der Waals surface area contributed by atoms with Gasteiger partial charge in [0, 0.05) is 5.56 Å². The summed E-state index contributed by atoms with van der Waals surface area (Å²) in [6, 6.07) is 9.95. The monoisotopic (exact) mass is 250 g/mol. The molecule has 0 saturated carbocycles. The van der Waals surface area contributed by atoms with Gasteiger partial charge in [0.1, 0.15) is 0 Å². The molecule has 0 aliphatic heterocycles. The van der Waals surface area contributed by atoms with Gasteiger partial charge in [-0.3, -0.25) is 5.84 Å². The molecule has 4 heteroatoms. The van der Waals surface area contributed by atoms with Crippen LogP contribution in [0.5, 0.6) is 0 Å². The summed E-state index contributed by atoms with van der Waals surface area (Å²) in [6.07, 6.45) is 2.58. The predicted molar refractivity (Wildman–Crippen MR) is 68.7 cm³/mol. The van der Waals surface area contributed by atoms with Crippen LogP contribution in [0, 0.1) is 0 Å². The van der Waals surface area contributed by atoms with Crippen LogP contribution >= 0.6 is 11.6 Å². The first-order valence-electron chi connectivity index (χ1n) is 5.54. The highest BCUT2D eigenvalue weighted by molar-refractivity contribution is 6.29. The molecule has 1 atom stereocenters. The normalized spacial score (nSPS) is 12.6. The smallest absolute Gasteiger partial charge is 0.198 e. The second-order valence-corrected chi connectivity index (χ2v) is 4.19. The van der Waals surface area contributed by atoms with E-state index in [1.807, 2.05) is 18.2 Å². The van der Waals surface area contributed by atoms with Crippen LogP contribution in [-0.4, -0.2) is 0 Å². The molecule has 3 N–H and O–H groups in total. The number of rotatable bonds is 4. The summed E-state index contributed by atoms with van der Waals surface area (Å²) in [4.78, 5) is 0. The standard InChI is InChI=1S/C13H15ClN2O/c1-2-9-3-5-10(6-4-9)12(16-15)11-7-8-17-13(11)14/h3-8,12,16H,2,15H2,1H3. The molecule has 1 unspecified atom stereocenters. The molecule has 3 nitrogen and oxygen atoms in total. The molecule has 0 aliphatic carbocycles. The number of hydrogen-bond acceptors (Lipinski definition) is 3. The molecule has 0 spiro atoms. The number of halogens is 1. The fourth-order valence-electron chi connectivity index (χ4n) is 1.82. The predicted octanol–water partition coefficient (Wildman–Crippen LogP) is 3.05. The van der Waals surface area contributed by atoms with E-state index < -0.39 is 0 Å². The van der Waals surface area contributed by atoms with Gasteiger partial charge in [0.05, 0.1) is 12.3 Å². The van der Waals surface area contributed by atoms with Crippen LogP contribution in [-0.2, 0) is 6.42 Å². The van der Waals surface area contributed by atoms with Crippen molar-refractivity contribution < 1.29 is 4.42 Å². The van der Waals surface area contributed by atoms with Gasteiger partial charge >= 0.3 is 0 Å². The minimum absolute atomic E-state index is 0.146. The van der Waals surface area contributed by atoms with E-state index in [0.717, 1.165) is 17.5 Å². The van der Waals surface area contributed by atoms with Crippen molar-refractivity contribution in [2.45, 2.75) is 19.4 Å². The Labute approximate surface area is 106 Å². The van der Waals surface area contributed by atoms with Crippen LogP contribution in [0.25, 0.3) is 0 Å². The third-order valence-electron chi connectivity index (χ3n) is 2.85. The molecule has 0 saturated heterocycles. The van der Waals surface area contributed by atoms with E-state index in [4.69, 9.17) is 21.9 Å². The lowest BCUT2D eigenvalue weighted by molar-refractivity contribution is 0.555. The Hall–Kier alpha value is -1.29. The lowest BCUT2D eigenvalue weighted by Crippen LogP contribution is -2.28. The minimum Gasteiger partial charge on any atom is -0.453 e. The molecule has 0 aliphatic rings. The van der Waals surface area contributed by atoms with E-state index in [1.54, 1.807) is 6.26 Å². The third kappa shape index (κ3) is 2.52. The Morgan fingerprint density at radius 2 is 2.00 bits per heavy atom.